The van der Waals surface area contributed by atoms with E-state index in [1.807, 2.05) is 18.5 Å². The van der Waals surface area contributed by atoms with Gasteiger partial charge in [-0.25, -0.2) is 9.97 Å². The smallest absolute Gasteiger partial charge is 0.270 e. The van der Waals surface area contributed by atoms with Crippen molar-refractivity contribution in [3.8, 4) is 0 Å². The number of pyridine rings is 1. The van der Waals surface area contributed by atoms with E-state index in [0.717, 1.165) is 61.6 Å². The maximum absolute atomic E-state index is 12.9. The zero-order chi connectivity index (χ0) is 24.5. The number of hydrogen-bond acceptors (Lipinski definition) is 6. The predicted molar refractivity (Wildman–Crippen MR) is 139 cm³/mol. The van der Waals surface area contributed by atoms with Crippen LogP contribution < -0.4 is 4.90 Å². The van der Waals surface area contributed by atoms with Gasteiger partial charge in [0, 0.05) is 69.6 Å². The van der Waals surface area contributed by atoms with Gasteiger partial charge in [0.2, 0.25) is 0 Å². The first-order chi connectivity index (χ1) is 16.9. The molecular formula is C27H37N7O. The number of nitrogens with zero attached hydrogens (tertiary/aromatic N) is 7. The van der Waals surface area contributed by atoms with Gasteiger partial charge >= 0.3 is 0 Å². The molecule has 3 aromatic rings. The summed E-state index contributed by atoms with van der Waals surface area (Å²) < 4.78 is 2.17. The summed E-state index contributed by atoms with van der Waals surface area (Å²) in [7, 11) is 3.60. The summed E-state index contributed by atoms with van der Waals surface area (Å²) in [6.45, 7) is 8.77. The van der Waals surface area contributed by atoms with Crippen molar-refractivity contribution in [3.63, 3.8) is 0 Å². The van der Waals surface area contributed by atoms with E-state index in [-0.39, 0.29) is 5.91 Å². The molecule has 1 saturated heterocycles. The highest BCUT2D eigenvalue weighted by Gasteiger charge is 2.26. The summed E-state index contributed by atoms with van der Waals surface area (Å²) in [5, 5.41) is 0.926. The maximum Gasteiger partial charge on any atom is 0.270 e. The van der Waals surface area contributed by atoms with Crippen LogP contribution in [0.5, 0.6) is 0 Å². The predicted octanol–water partition coefficient (Wildman–Crippen LogP) is 3.76. The summed E-state index contributed by atoms with van der Waals surface area (Å²) >= 11 is 0. The first-order valence-electron chi connectivity index (χ1n) is 12.9. The van der Waals surface area contributed by atoms with Gasteiger partial charge in [0.15, 0.2) is 0 Å². The first kappa shape index (κ1) is 23.7. The average molecular weight is 476 g/mol. The molecule has 0 radical (unpaired) electrons. The lowest BCUT2D eigenvalue weighted by Gasteiger charge is -2.38. The molecule has 35 heavy (non-hydrogen) atoms. The Morgan fingerprint density at radius 3 is 2.43 bits per heavy atom. The lowest BCUT2D eigenvalue weighted by molar-refractivity contribution is 0.0815. The Kier molecular flexibility index (Phi) is 6.73. The molecule has 2 aliphatic rings. The summed E-state index contributed by atoms with van der Waals surface area (Å²) in [6, 6.07) is 7.13. The van der Waals surface area contributed by atoms with Gasteiger partial charge in [-0.3, -0.25) is 14.7 Å². The van der Waals surface area contributed by atoms with Crippen molar-refractivity contribution in [2.24, 2.45) is 0 Å². The Hall–Kier alpha value is -3.00. The van der Waals surface area contributed by atoms with E-state index < -0.39 is 0 Å². The number of anilines is 1. The second kappa shape index (κ2) is 9.93. The van der Waals surface area contributed by atoms with E-state index in [1.54, 1.807) is 19.0 Å². The van der Waals surface area contributed by atoms with Gasteiger partial charge < -0.3 is 14.4 Å². The molecule has 5 rings (SSSR count). The van der Waals surface area contributed by atoms with Crippen molar-refractivity contribution in [3.05, 3.63) is 47.8 Å². The zero-order valence-corrected chi connectivity index (χ0v) is 21.4. The van der Waals surface area contributed by atoms with Crippen molar-refractivity contribution >= 4 is 22.6 Å². The van der Waals surface area contributed by atoms with Crippen LogP contribution in [0.3, 0.4) is 0 Å². The third kappa shape index (κ3) is 4.89. The van der Waals surface area contributed by atoms with Crippen molar-refractivity contribution in [1.82, 2.24) is 29.3 Å². The Labute approximate surface area is 208 Å². The molecule has 8 nitrogen and oxygen atoms in total. The fourth-order valence-electron chi connectivity index (χ4n) is 5.42. The van der Waals surface area contributed by atoms with Gasteiger partial charge in [-0.1, -0.05) is 12.8 Å². The highest BCUT2D eigenvalue weighted by Crippen LogP contribution is 2.34. The van der Waals surface area contributed by atoms with E-state index >= 15 is 0 Å². The maximum atomic E-state index is 12.9. The number of amides is 1. The van der Waals surface area contributed by atoms with Crippen LogP contribution >= 0.6 is 0 Å². The van der Waals surface area contributed by atoms with E-state index in [4.69, 9.17) is 9.97 Å². The second-order valence-corrected chi connectivity index (χ2v) is 10.4. The number of aromatic nitrogens is 4. The molecule has 1 aliphatic heterocycles. The monoisotopic (exact) mass is 475 g/mol. The van der Waals surface area contributed by atoms with E-state index in [2.05, 4.69) is 45.3 Å². The van der Waals surface area contributed by atoms with Gasteiger partial charge in [-0.2, -0.15) is 0 Å². The molecule has 0 aromatic carbocycles. The molecule has 0 bridgehead atoms. The summed E-state index contributed by atoms with van der Waals surface area (Å²) in [6.07, 6.45) is 8.98. The minimum atomic E-state index is 0.0166. The van der Waals surface area contributed by atoms with Crippen LogP contribution in [-0.4, -0.2) is 81.5 Å². The standard InChI is InChI=1S/C27H37N7O/c1-19(2)32-11-13-33(14-12-32)23-10-9-21(28-18-23)16-25-29-17-20-15-24(27(35)31(3)4)34(26(20)30-25)22-7-5-6-8-22/h9-10,15,17-19,22H,5-8,11-14,16H2,1-4H3. The fraction of sp³-hybridized carbons (Fsp3) is 0.556. The molecule has 3 aromatic heterocycles. The van der Waals surface area contributed by atoms with Crippen LogP contribution in [-0.2, 0) is 6.42 Å². The highest BCUT2D eigenvalue weighted by atomic mass is 16.2. The van der Waals surface area contributed by atoms with Crippen LogP contribution in [0.25, 0.3) is 11.0 Å². The van der Waals surface area contributed by atoms with Crippen LogP contribution in [0.4, 0.5) is 5.69 Å². The molecule has 4 heterocycles. The van der Waals surface area contributed by atoms with Crippen LogP contribution in [0.15, 0.2) is 30.6 Å². The lowest BCUT2D eigenvalue weighted by atomic mass is 10.2. The third-order valence-corrected chi connectivity index (χ3v) is 7.50. The molecule has 8 heteroatoms. The van der Waals surface area contributed by atoms with Gasteiger partial charge in [-0.15, -0.1) is 0 Å². The Morgan fingerprint density at radius 2 is 1.80 bits per heavy atom. The molecule has 186 valence electrons. The van der Waals surface area contributed by atoms with Crippen molar-refractivity contribution in [2.45, 2.75) is 58.0 Å². The second-order valence-electron chi connectivity index (χ2n) is 10.4. The van der Waals surface area contributed by atoms with Crippen LogP contribution in [0.2, 0.25) is 0 Å². The Balaban J connectivity index is 1.36. The normalized spacial score (nSPS) is 17.6. The molecule has 0 atom stereocenters. The van der Waals surface area contributed by atoms with Gasteiger partial charge in [0.05, 0.1) is 18.3 Å². The summed E-state index contributed by atoms with van der Waals surface area (Å²) in [4.78, 5) is 33.8. The van der Waals surface area contributed by atoms with Crippen LogP contribution in [0.1, 0.15) is 67.6 Å². The highest BCUT2D eigenvalue weighted by molar-refractivity contribution is 5.97. The number of hydrogen-bond donors (Lipinski definition) is 0. The van der Waals surface area contributed by atoms with E-state index in [9.17, 15) is 4.79 Å². The van der Waals surface area contributed by atoms with E-state index in [1.165, 1.54) is 18.5 Å². The molecule has 1 amide bonds. The topological polar surface area (TPSA) is 70.4 Å². The van der Waals surface area contributed by atoms with Gasteiger partial charge in [-0.05, 0) is 44.9 Å². The number of piperazine rings is 1. The number of rotatable bonds is 6. The molecule has 0 N–H and O–H groups in total. The lowest BCUT2D eigenvalue weighted by Crippen LogP contribution is -2.48. The molecule has 0 unspecified atom stereocenters. The zero-order valence-electron chi connectivity index (χ0n) is 21.4. The van der Waals surface area contributed by atoms with E-state index in [0.29, 0.717) is 24.2 Å². The molecule has 1 aliphatic carbocycles. The van der Waals surface area contributed by atoms with Crippen molar-refractivity contribution in [2.75, 3.05) is 45.2 Å². The minimum Gasteiger partial charge on any atom is -0.368 e. The summed E-state index contributed by atoms with van der Waals surface area (Å²) in [5.41, 5.74) is 3.71. The largest absolute Gasteiger partial charge is 0.368 e. The van der Waals surface area contributed by atoms with Crippen molar-refractivity contribution in [1.29, 1.82) is 0 Å². The number of fused-ring (bicyclic) bond motifs is 1. The minimum absolute atomic E-state index is 0.0166. The third-order valence-electron chi connectivity index (χ3n) is 7.50. The van der Waals surface area contributed by atoms with Gasteiger partial charge in [0.1, 0.15) is 17.2 Å². The first-order valence-corrected chi connectivity index (χ1v) is 12.9. The molecular weight excluding hydrogens is 438 g/mol. The van der Waals surface area contributed by atoms with Crippen LogP contribution in [0, 0.1) is 0 Å². The molecule has 0 spiro atoms. The summed E-state index contributed by atoms with van der Waals surface area (Å²) in [5.74, 6) is 0.757. The fourth-order valence-corrected chi connectivity index (χ4v) is 5.42. The number of carbonyl (C=O) groups is 1. The number of carbonyl (C=O) groups excluding carboxylic acids is 1. The van der Waals surface area contributed by atoms with Crippen molar-refractivity contribution < 1.29 is 4.79 Å². The SMILES string of the molecule is CC(C)N1CCN(c2ccc(Cc3ncc4cc(C(=O)N(C)C)n(C5CCCC5)c4n3)nc2)CC1. The Morgan fingerprint density at radius 1 is 1.06 bits per heavy atom. The Bertz CT molecular complexity index is 1170. The van der Waals surface area contributed by atoms with Gasteiger partial charge in [0.25, 0.3) is 5.91 Å². The average Bonchev–Trinajstić information content (AvgIpc) is 3.51. The quantitative estimate of drug-likeness (QED) is 0.541. The molecule has 2 fully saturated rings. The molecule has 1 saturated carbocycles.